The minimum atomic E-state index is -0.885. The van der Waals surface area contributed by atoms with Gasteiger partial charge >= 0.3 is 0 Å². The summed E-state index contributed by atoms with van der Waals surface area (Å²) in [7, 11) is 0. The quantitative estimate of drug-likeness (QED) is 0.835. The van der Waals surface area contributed by atoms with Crippen molar-refractivity contribution in [3.63, 3.8) is 0 Å². The van der Waals surface area contributed by atoms with Crippen LogP contribution in [-0.2, 0) is 0 Å². The third-order valence-corrected chi connectivity index (χ3v) is 2.77. The Morgan fingerprint density at radius 2 is 1.88 bits per heavy atom. The van der Waals surface area contributed by atoms with E-state index >= 15 is 0 Å². The van der Waals surface area contributed by atoms with Crippen LogP contribution < -0.4 is 5.73 Å². The Kier molecular flexibility index (Phi) is 5.02. The Morgan fingerprint density at radius 1 is 1.24 bits per heavy atom. The number of hydrogen-bond donors (Lipinski definition) is 2. The van der Waals surface area contributed by atoms with Gasteiger partial charge in [-0.2, -0.15) is 0 Å². The third-order valence-electron chi connectivity index (χ3n) is 2.77. The van der Waals surface area contributed by atoms with Gasteiger partial charge in [0.25, 0.3) is 0 Å². The highest BCUT2D eigenvalue weighted by Crippen LogP contribution is 2.22. The van der Waals surface area contributed by atoms with Crippen LogP contribution in [0.25, 0.3) is 0 Å². The van der Waals surface area contributed by atoms with Crippen LogP contribution in [0.2, 0.25) is 0 Å². The SMILES string of the molecule is CC(C)CC[C@H](O)[C@H](N)c1cc(F)ccc1F. The van der Waals surface area contributed by atoms with Crippen molar-refractivity contribution in [3.8, 4) is 0 Å². The van der Waals surface area contributed by atoms with Gasteiger partial charge in [-0.1, -0.05) is 13.8 Å². The number of hydrogen-bond acceptors (Lipinski definition) is 2. The van der Waals surface area contributed by atoms with Crippen LogP contribution in [-0.4, -0.2) is 11.2 Å². The molecule has 2 nitrogen and oxygen atoms in total. The van der Waals surface area contributed by atoms with Gasteiger partial charge in [-0.05, 0) is 37.0 Å². The molecule has 17 heavy (non-hydrogen) atoms. The number of halogens is 2. The Labute approximate surface area is 100 Å². The Balaban J connectivity index is 2.74. The minimum absolute atomic E-state index is 0.0289. The Hall–Kier alpha value is -1.00. The van der Waals surface area contributed by atoms with Crippen LogP contribution in [0.15, 0.2) is 18.2 Å². The van der Waals surface area contributed by atoms with Gasteiger partial charge in [-0.3, -0.25) is 0 Å². The summed E-state index contributed by atoms with van der Waals surface area (Å²) in [5, 5.41) is 9.82. The summed E-state index contributed by atoms with van der Waals surface area (Å²) < 4.78 is 26.4. The maximum Gasteiger partial charge on any atom is 0.128 e. The first-order chi connectivity index (χ1) is 7.91. The molecular weight excluding hydrogens is 224 g/mol. The zero-order valence-corrected chi connectivity index (χ0v) is 10.2. The molecule has 0 aliphatic rings. The second kappa shape index (κ2) is 6.07. The monoisotopic (exact) mass is 243 g/mol. The third kappa shape index (κ3) is 4.06. The van der Waals surface area contributed by atoms with Gasteiger partial charge in [0.1, 0.15) is 11.6 Å². The van der Waals surface area contributed by atoms with E-state index in [0.717, 1.165) is 24.6 Å². The van der Waals surface area contributed by atoms with E-state index in [-0.39, 0.29) is 5.56 Å². The fourth-order valence-electron chi connectivity index (χ4n) is 1.66. The maximum absolute atomic E-state index is 13.4. The maximum atomic E-state index is 13.4. The molecule has 0 bridgehead atoms. The summed E-state index contributed by atoms with van der Waals surface area (Å²) >= 11 is 0. The summed E-state index contributed by atoms with van der Waals surface area (Å²) in [4.78, 5) is 0. The lowest BCUT2D eigenvalue weighted by molar-refractivity contribution is 0.126. The average molecular weight is 243 g/mol. The zero-order chi connectivity index (χ0) is 13.0. The summed E-state index contributed by atoms with van der Waals surface area (Å²) in [6.45, 7) is 4.06. The van der Waals surface area contributed by atoms with E-state index in [2.05, 4.69) is 0 Å². The van der Waals surface area contributed by atoms with Crippen molar-refractivity contribution in [1.29, 1.82) is 0 Å². The highest BCUT2D eigenvalue weighted by atomic mass is 19.1. The lowest BCUT2D eigenvalue weighted by Crippen LogP contribution is -2.27. The molecule has 0 radical (unpaired) electrons. The van der Waals surface area contributed by atoms with Crippen LogP contribution in [0.4, 0.5) is 8.78 Å². The highest BCUT2D eigenvalue weighted by Gasteiger charge is 2.20. The largest absolute Gasteiger partial charge is 0.391 e. The lowest BCUT2D eigenvalue weighted by atomic mass is 9.95. The van der Waals surface area contributed by atoms with Crippen molar-refractivity contribution in [3.05, 3.63) is 35.4 Å². The van der Waals surface area contributed by atoms with E-state index in [1.807, 2.05) is 13.8 Å². The molecule has 1 aromatic carbocycles. The van der Waals surface area contributed by atoms with Crippen molar-refractivity contribution < 1.29 is 13.9 Å². The first-order valence-corrected chi connectivity index (χ1v) is 5.80. The standard InChI is InChI=1S/C13H19F2NO/c1-8(2)3-6-12(17)13(16)10-7-9(14)4-5-11(10)15/h4-5,7-8,12-13,17H,3,6,16H2,1-2H3/t12-,13+/m0/s1. The van der Waals surface area contributed by atoms with Crippen LogP contribution >= 0.6 is 0 Å². The van der Waals surface area contributed by atoms with Gasteiger partial charge in [0.15, 0.2) is 0 Å². The van der Waals surface area contributed by atoms with Crippen LogP contribution in [0.1, 0.15) is 38.3 Å². The molecule has 0 saturated carbocycles. The van der Waals surface area contributed by atoms with E-state index in [0.29, 0.717) is 12.3 Å². The first-order valence-electron chi connectivity index (χ1n) is 5.80. The molecule has 0 aliphatic heterocycles. The predicted molar refractivity (Wildman–Crippen MR) is 63.4 cm³/mol. The molecule has 1 rings (SSSR count). The molecule has 2 atom stereocenters. The number of rotatable bonds is 5. The average Bonchev–Trinajstić information content (AvgIpc) is 2.28. The summed E-state index contributed by atoms with van der Waals surface area (Å²) in [5.74, 6) is -0.690. The van der Waals surface area contributed by atoms with Gasteiger partial charge in [-0.15, -0.1) is 0 Å². The van der Waals surface area contributed by atoms with Gasteiger partial charge in [0.05, 0.1) is 12.1 Å². The molecule has 1 aromatic rings. The molecule has 0 heterocycles. The fraction of sp³-hybridized carbons (Fsp3) is 0.538. The summed E-state index contributed by atoms with van der Waals surface area (Å²) in [5.41, 5.74) is 5.77. The molecule has 3 N–H and O–H groups in total. The Bertz CT molecular complexity index is 368. The molecule has 4 heteroatoms. The minimum Gasteiger partial charge on any atom is -0.391 e. The first kappa shape index (κ1) is 14.1. The molecule has 0 spiro atoms. The second-order valence-electron chi connectivity index (χ2n) is 4.73. The van der Waals surface area contributed by atoms with E-state index in [1.165, 1.54) is 0 Å². The van der Waals surface area contributed by atoms with E-state index in [9.17, 15) is 13.9 Å². The van der Waals surface area contributed by atoms with Gasteiger partial charge in [-0.25, -0.2) is 8.78 Å². The lowest BCUT2D eigenvalue weighted by Gasteiger charge is -2.20. The number of nitrogens with two attached hydrogens (primary N) is 1. The smallest absolute Gasteiger partial charge is 0.128 e. The van der Waals surface area contributed by atoms with E-state index < -0.39 is 23.8 Å². The van der Waals surface area contributed by atoms with Crippen molar-refractivity contribution >= 4 is 0 Å². The molecule has 0 saturated heterocycles. The van der Waals surface area contributed by atoms with Gasteiger partial charge in [0, 0.05) is 5.56 Å². The molecule has 0 aliphatic carbocycles. The number of aliphatic hydroxyl groups is 1. The fourth-order valence-corrected chi connectivity index (χ4v) is 1.66. The second-order valence-corrected chi connectivity index (χ2v) is 4.73. The van der Waals surface area contributed by atoms with Crippen molar-refractivity contribution in [2.45, 2.75) is 38.8 Å². The summed E-state index contributed by atoms with van der Waals surface area (Å²) in [6, 6.07) is 2.22. The van der Waals surface area contributed by atoms with Crippen LogP contribution in [0.5, 0.6) is 0 Å². The molecule has 96 valence electrons. The summed E-state index contributed by atoms with van der Waals surface area (Å²) in [6.07, 6.45) is 0.425. The predicted octanol–water partition coefficient (Wildman–Crippen LogP) is 2.76. The van der Waals surface area contributed by atoms with E-state index in [4.69, 9.17) is 5.73 Å². The number of aliphatic hydroxyl groups excluding tert-OH is 1. The van der Waals surface area contributed by atoms with Crippen molar-refractivity contribution in [2.75, 3.05) is 0 Å². The van der Waals surface area contributed by atoms with Crippen LogP contribution in [0.3, 0.4) is 0 Å². The zero-order valence-electron chi connectivity index (χ0n) is 10.2. The van der Waals surface area contributed by atoms with Crippen molar-refractivity contribution in [2.24, 2.45) is 11.7 Å². The topological polar surface area (TPSA) is 46.2 Å². The normalized spacial score (nSPS) is 15.0. The molecule has 0 amide bonds. The van der Waals surface area contributed by atoms with Gasteiger partial charge in [0.2, 0.25) is 0 Å². The van der Waals surface area contributed by atoms with Crippen LogP contribution in [0, 0.1) is 17.6 Å². The number of benzene rings is 1. The van der Waals surface area contributed by atoms with E-state index in [1.54, 1.807) is 0 Å². The highest BCUT2D eigenvalue weighted by molar-refractivity contribution is 5.22. The molecule has 0 fully saturated rings. The molecule has 0 unspecified atom stereocenters. The molecule has 0 aromatic heterocycles. The van der Waals surface area contributed by atoms with Crippen molar-refractivity contribution in [1.82, 2.24) is 0 Å². The molecular formula is C13H19F2NO. The van der Waals surface area contributed by atoms with Gasteiger partial charge < -0.3 is 10.8 Å². The Morgan fingerprint density at radius 3 is 2.47 bits per heavy atom.